The lowest BCUT2D eigenvalue weighted by Gasteiger charge is -2.23. The fourth-order valence-corrected chi connectivity index (χ4v) is 4.03. The van der Waals surface area contributed by atoms with Crippen molar-refractivity contribution >= 4 is 33.4 Å². The van der Waals surface area contributed by atoms with E-state index in [1.54, 1.807) is 41.0 Å². The predicted molar refractivity (Wildman–Crippen MR) is 107 cm³/mol. The van der Waals surface area contributed by atoms with Crippen LogP contribution in [0.4, 0.5) is 0 Å². The van der Waals surface area contributed by atoms with E-state index in [0.29, 0.717) is 21.9 Å². The van der Waals surface area contributed by atoms with Crippen LogP contribution in [0, 0.1) is 12.3 Å². The number of terminal acetylenes is 1. The number of carbonyl (C=O) groups is 2. The van der Waals surface area contributed by atoms with Crippen LogP contribution in [0.5, 0.6) is 11.5 Å². The number of methoxy groups -OCH3 is 1. The maximum atomic E-state index is 12.7. The van der Waals surface area contributed by atoms with Crippen LogP contribution >= 0.6 is 11.3 Å². The van der Waals surface area contributed by atoms with E-state index in [1.165, 1.54) is 18.4 Å². The molecule has 0 aliphatic carbocycles. The average Bonchev–Trinajstić information content (AvgIpc) is 3.09. The van der Waals surface area contributed by atoms with Gasteiger partial charge in [0.25, 0.3) is 5.91 Å². The molecule has 1 atom stereocenters. The van der Waals surface area contributed by atoms with Crippen LogP contribution in [0.15, 0.2) is 47.5 Å². The van der Waals surface area contributed by atoms with E-state index in [9.17, 15) is 9.59 Å². The lowest BCUT2D eigenvalue weighted by Crippen LogP contribution is -2.36. The van der Waals surface area contributed by atoms with Gasteiger partial charge in [0.1, 0.15) is 6.61 Å². The minimum Gasteiger partial charge on any atom is -0.485 e. The Morgan fingerprint density at radius 3 is 2.86 bits per heavy atom. The molecule has 1 aromatic heterocycles. The summed E-state index contributed by atoms with van der Waals surface area (Å²) < 4.78 is 18.6. The standard InChI is InChI=1S/C21H16N2O5S/c1-3-10-23-14-9-8-13(20(25)26-2)11-18(14)29-21(23)22-19(24)17-12-27-15-6-4-5-7-16(15)28-17/h1,4-9,11,17H,10,12H2,2H3/t17-/m0/s1. The van der Waals surface area contributed by atoms with E-state index in [2.05, 4.69) is 10.9 Å². The minimum absolute atomic E-state index is 0.0753. The number of amides is 1. The molecular weight excluding hydrogens is 392 g/mol. The number of rotatable bonds is 3. The highest BCUT2D eigenvalue weighted by atomic mass is 32.1. The first-order chi connectivity index (χ1) is 14.1. The molecule has 0 unspecified atom stereocenters. The molecule has 0 fully saturated rings. The van der Waals surface area contributed by atoms with Crippen molar-refractivity contribution in [3.63, 3.8) is 0 Å². The van der Waals surface area contributed by atoms with Crippen molar-refractivity contribution in [2.45, 2.75) is 12.6 Å². The Labute approximate surface area is 170 Å². The van der Waals surface area contributed by atoms with Gasteiger partial charge >= 0.3 is 5.97 Å². The second kappa shape index (κ2) is 7.81. The molecule has 1 aliphatic rings. The molecule has 0 N–H and O–H groups in total. The first-order valence-electron chi connectivity index (χ1n) is 8.73. The Hall–Kier alpha value is -3.57. The minimum atomic E-state index is -0.847. The zero-order valence-electron chi connectivity index (χ0n) is 15.5. The van der Waals surface area contributed by atoms with Crippen LogP contribution in [-0.4, -0.2) is 36.3 Å². The summed E-state index contributed by atoms with van der Waals surface area (Å²) in [4.78, 5) is 29.2. The SMILES string of the molecule is C#CCn1c(=NC(=O)[C@@H]2COc3ccccc3O2)sc2cc(C(=O)OC)ccc21. The normalized spacial score (nSPS) is 15.7. The Morgan fingerprint density at radius 1 is 1.31 bits per heavy atom. The molecule has 2 heterocycles. The quantitative estimate of drug-likeness (QED) is 0.491. The maximum absolute atomic E-state index is 12.7. The molecule has 7 nitrogen and oxygen atoms in total. The molecule has 0 saturated carbocycles. The number of thiazole rings is 1. The molecule has 0 radical (unpaired) electrons. The Balaban J connectivity index is 1.71. The van der Waals surface area contributed by atoms with Crippen molar-refractivity contribution in [2.24, 2.45) is 4.99 Å². The molecule has 146 valence electrons. The summed E-state index contributed by atoms with van der Waals surface area (Å²) in [6.07, 6.45) is 4.65. The highest BCUT2D eigenvalue weighted by Gasteiger charge is 2.27. The molecule has 1 aliphatic heterocycles. The molecule has 29 heavy (non-hydrogen) atoms. The smallest absolute Gasteiger partial charge is 0.337 e. The van der Waals surface area contributed by atoms with Gasteiger partial charge in [-0.1, -0.05) is 29.4 Å². The van der Waals surface area contributed by atoms with E-state index in [-0.39, 0.29) is 13.2 Å². The van der Waals surface area contributed by atoms with E-state index >= 15 is 0 Å². The Morgan fingerprint density at radius 2 is 2.10 bits per heavy atom. The van der Waals surface area contributed by atoms with Gasteiger partial charge in [0.15, 0.2) is 16.3 Å². The second-order valence-corrected chi connectivity index (χ2v) is 7.17. The van der Waals surface area contributed by atoms with E-state index in [4.69, 9.17) is 20.6 Å². The van der Waals surface area contributed by atoms with Gasteiger partial charge in [-0.15, -0.1) is 6.42 Å². The zero-order valence-corrected chi connectivity index (χ0v) is 16.3. The number of para-hydroxylation sites is 2. The third-order valence-corrected chi connectivity index (χ3v) is 5.38. The van der Waals surface area contributed by atoms with E-state index in [1.807, 2.05) is 6.07 Å². The summed E-state index contributed by atoms with van der Waals surface area (Å²) in [5.74, 6) is 2.76. The number of nitrogens with zero attached hydrogens (tertiary/aromatic N) is 2. The van der Waals surface area contributed by atoms with Crippen molar-refractivity contribution in [2.75, 3.05) is 13.7 Å². The number of fused-ring (bicyclic) bond motifs is 2. The van der Waals surface area contributed by atoms with Gasteiger partial charge in [0.05, 0.1) is 29.4 Å². The van der Waals surface area contributed by atoms with Gasteiger partial charge in [-0.05, 0) is 30.3 Å². The molecule has 0 bridgehead atoms. The number of hydrogen-bond acceptors (Lipinski definition) is 6. The first-order valence-corrected chi connectivity index (χ1v) is 9.54. The number of ether oxygens (including phenoxy) is 3. The van der Waals surface area contributed by atoms with Gasteiger partial charge in [0, 0.05) is 0 Å². The summed E-state index contributed by atoms with van der Waals surface area (Å²) in [5.41, 5.74) is 1.19. The molecule has 3 aromatic rings. The largest absolute Gasteiger partial charge is 0.485 e. The van der Waals surface area contributed by atoms with Crippen molar-refractivity contribution < 1.29 is 23.8 Å². The van der Waals surface area contributed by atoms with Crippen LogP contribution in [-0.2, 0) is 16.1 Å². The predicted octanol–water partition coefficient (Wildman–Crippen LogP) is 2.39. The summed E-state index contributed by atoms with van der Waals surface area (Å²) in [6.45, 7) is 0.306. The third-order valence-electron chi connectivity index (χ3n) is 4.34. The number of carbonyl (C=O) groups excluding carboxylic acids is 2. The van der Waals surface area contributed by atoms with E-state index < -0.39 is 18.0 Å². The van der Waals surface area contributed by atoms with Crippen LogP contribution in [0.1, 0.15) is 10.4 Å². The van der Waals surface area contributed by atoms with Crippen molar-refractivity contribution in [3.05, 3.63) is 52.8 Å². The van der Waals surface area contributed by atoms with Crippen LogP contribution in [0.2, 0.25) is 0 Å². The topological polar surface area (TPSA) is 79.1 Å². The lowest BCUT2D eigenvalue weighted by molar-refractivity contribution is -0.127. The summed E-state index contributed by atoms with van der Waals surface area (Å²) in [6, 6.07) is 12.2. The van der Waals surface area contributed by atoms with Gasteiger partial charge in [-0.25, -0.2) is 4.79 Å². The van der Waals surface area contributed by atoms with Crippen molar-refractivity contribution in [1.29, 1.82) is 0 Å². The molecule has 1 amide bonds. The Kier molecular flexibility index (Phi) is 5.06. The van der Waals surface area contributed by atoms with Gasteiger partial charge in [-0.2, -0.15) is 4.99 Å². The molecular formula is C21H16N2O5S. The fraction of sp³-hybridized carbons (Fsp3) is 0.190. The molecule has 0 spiro atoms. The molecule has 4 rings (SSSR count). The van der Waals surface area contributed by atoms with E-state index in [0.717, 1.165) is 10.2 Å². The number of esters is 1. The fourth-order valence-electron chi connectivity index (χ4n) is 2.95. The third kappa shape index (κ3) is 3.60. The second-order valence-electron chi connectivity index (χ2n) is 6.16. The highest BCUT2D eigenvalue weighted by Crippen LogP contribution is 2.31. The van der Waals surface area contributed by atoms with Crippen molar-refractivity contribution in [1.82, 2.24) is 4.57 Å². The number of benzene rings is 2. The Bertz CT molecular complexity index is 1220. The highest BCUT2D eigenvalue weighted by molar-refractivity contribution is 7.16. The monoisotopic (exact) mass is 408 g/mol. The zero-order chi connectivity index (χ0) is 20.4. The van der Waals surface area contributed by atoms with Gasteiger partial charge in [-0.3, -0.25) is 4.79 Å². The summed E-state index contributed by atoms with van der Waals surface area (Å²) in [7, 11) is 1.32. The summed E-state index contributed by atoms with van der Waals surface area (Å²) in [5, 5.41) is 0. The average molecular weight is 408 g/mol. The number of hydrogen-bond donors (Lipinski definition) is 0. The van der Waals surface area contributed by atoms with Crippen LogP contribution in [0.3, 0.4) is 0 Å². The van der Waals surface area contributed by atoms with Gasteiger partial charge < -0.3 is 18.8 Å². The first kappa shape index (κ1) is 18.8. The van der Waals surface area contributed by atoms with Crippen molar-refractivity contribution in [3.8, 4) is 23.8 Å². The van der Waals surface area contributed by atoms with Crippen LogP contribution in [0.25, 0.3) is 10.2 Å². The number of aromatic nitrogens is 1. The maximum Gasteiger partial charge on any atom is 0.337 e. The van der Waals surface area contributed by atoms with Gasteiger partial charge in [0.2, 0.25) is 6.10 Å². The lowest BCUT2D eigenvalue weighted by atomic mass is 10.2. The molecule has 0 saturated heterocycles. The van der Waals surface area contributed by atoms with Crippen LogP contribution < -0.4 is 14.3 Å². The summed E-state index contributed by atoms with van der Waals surface area (Å²) >= 11 is 1.26. The molecule has 8 heteroatoms. The molecule has 2 aromatic carbocycles.